The van der Waals surface area contributed by atoms with E-state index in [1.807, 2.05) is 12.1 Å². The third-order valence-corrected chi connectivity index (χ3v) is 5.30. The summed E-state index contributed by atoms with van der Waals surface area (Å²) >= 11 is 9.74. The van der Waals surface area contributed by atoms with Gasteiger partial charge in [0.2, 0.25) is 0 Å². The van der Waals surface area contributed by atoms with E-state index in [0.717, 1.165) is 47.9 Å². The molecule has 0 unspecified atom stereocenters. The summed E-state index contributed by atoms with van der Waals surface area (Å²) in [5.74, 6) is 0. The summed E-state index contributed by atoms with van der Waals surface area (Å²) in [7, 11) is 0. The molecule has 1 N–H and O–H groups in total. The molecule has 0 amide bonds. The van der Waals surface area contributed by atoms with Crippen LogP contribution in [0, 0.1) is 0 Å². The molecule has 0 aliphatic carbocycles. The lowest BCUT2D eigenvalue weighted by Crippen LogP contribution is -3.13. The molecule has 0 bridgehead atoms. The highest BCUT2D eigenvalue weighted by atomic mass is 79.9. The molecule has 1 aliphatic heterocycles. The monoisotopic (exact) mass is 406 g/mol. The summed E-state index contributed by atoms with van der Waals surface area (Å²) in [5, 5.41) is 7.85. The zero-order valence-corrected chi connectivity index (χ0v) is 16.1. The van der Waals surface area contributed by atoms with Gasteiger partial charge in [-0.2, -0.15) is 5.10 Å². The largest absolute Gasteiger partial charge is 0.328 e. The Morgan fingerprint density at radius 2 is 1.79 bits per heavy atom. The minimum Gasteiger partial charge on any atom is -0.328 e. The van der Waals surface area contributed by atoms with E-state index < -0.39 is 0 Å². The normalized spacial score (nSPS) is 16.5. The van der Waals surface area contributed by atoms with Crippen molar-refractivity contribution in [3.05, 3.63) is 69.2 Å². The summed E-state index contributed by atoms with van der Waals surface area (Å²) in [5.41, 5.74) is 3.47. The fraction of sp³-hybridized carbons (Fsp3) is 0.316. The van der Waals surface area contributed by atoms with Crippen molar-refractivity contribution < 1.29 is 4.90 Å². The Hall–Kier alpha value is -1.36. The van der Waals surface area contributed by atoms with Gasteiger partial charge < -0.3 is 4.90 Å². The van der Waals surface area contributed by atoms with Gasteiger partial charge in [0.05, 0.1) is 31.9 Å². The summed E-state index contributed by atoms with van der Waals surface area (Å²) in [6, 6.07) is 16.4. The van der Waals surface area contributed by atoms with Crippen molar-refractivity contribution in [1.82, 2.24) is 5.01 Å². The second kappa shape index (κ2) is 8.15. The second-order valence-electron chi connectivity index (χ2n) is 6.16. The van der Waals surface area contributed by atoms with Crippen molar-refractivity contribution in [3.63, 3.8) is 0 Å². The number of quaternary nitrogens is 1. The van der Waals surface area contributed by atoms with E-state index >= 15 is 0 Å². The lowest BCUT2D eigenvalue weighted by atomic mass is 10.1. The van der Waals surface area contributed by atoms with Crippen molar-refractivity contribution in [2.75, 3.05) is 26.2 Å². The van der Waals surface area contributed by atoms with Gasteiger partial charge in [-0.3, -0.25) is 5.01 Å². The molecule has 1 saturated heterocycles. The fourth-order valence-corrected chi connectivity index (χ4v) is 3.43. The molecule has 126 valence electrons. The first kappa shape index (κ1) is 17.5. The number of rotatable bonds is 4. The Bertz CT molecular complexity index is 707. The van der Waals surface area contributed by atoms with Gasteiger partial charge >= 0.3 is 0 Å². The molecule has 3 rings (SSSR count). The number of piperazine rings is 1. The summed E-state index contributed by atoms with van der Waals surface area (Å²) < 4.78 is 1.09. The van der Waals surface area contributed by atoms with Crippen LogP contribution in [0.4, 0.5) is 0 Å². The number of nitrogens with zero attached hydrogens (tertiary/aromatic N) is 2. The van der Waals surface area contributed by atoms with E-state index in [4.69, 9.17) is 16.7 Å². The Balaban J connectivity index is 1.56. The molecular formula is C19H22BrClN3+. The van der Waals surface area contributed by atoms with Gasteiger partial charge in [0.1, 0.15) is 6.54 Å². The van der Waals surface area contributed by atoms with Crippen LogP contribution < -0.4 is 4.90 Å². The van der Waals surface area contributed by atoms with E-state index in [0.29, 0.717) is 0 Å². The van der Waals surface area contributed by atoms with E-state index in [1.54, 1.807) is 4.90 Å². The van der Waals surface area contributed by atoms with Gasteiger partial charge in [-0.15, -0.1) is 0 Å². The Morgan fingerprint density at radius 3 is 2.46 bits per heavy atom. The van der Waals surface area contributed by atoms with Crippen molar-refractivity contribution >= 4 is 33.2 Å². The number of hydrazone groups is 1. The van der Waals surface area contributed by atoms with Gasteiger partial charge in [-0.25, -0.2) is 0 Å². The minimum absolute atomic E-state index is 0.872. The van der Waals surface area contributed by atoms with Crippen molar-refractivity contribution in [2.45, 2.75) is 13.5 Å². The highest BCUT2D eigenvalue weighted by molar-refractivity contribution is 9.10. The summed E-state index contributed by atoms with van der Waals surface area (Å²) in [6.45, 7) is 7.20. The third-order valence-electron chi connectivity index (χ3n) is 4.40. The average Bonchev–Trinajstić information content (AvgIpc) is 2.59. The molecule has 1 aliphatic rings. The number of hydrogen-bond acceptors (Lipinski definition) is 2. The maximum atomic E-state index is 6.27. The van der Waals surface area contributed by atoms with Crippen LogP contribution in [0.25, 0.3) is 0 Å². The molecule has 3 nitrogen and oxygen atoms in total. The zero-order chi connectivity index (χ0) is 16.9. The minimum atomic E-state index is 0.872. The van der Waals surface area contributed by atoms with Crippen LogP contribution in [0.15, 0.2) is 58.1 Å². The SMILES string of the molecule is C/C(=N\N1CC[NH+](Cc2ccccc2Cl)CC1)c1ccc(Br)cc1. The van der Waals surface area contributed by atoms with Gasteiger partial charge in [0, 0.05) is 15.1 Å². The van der Waals surface area contributed by atoms with Gasteiger partial charge in [-0.05, 0) is 30.7 Å². The van der Waals surface area contributed by atoms with E-state index in [1.165, 1.54) is 11.1 Å². The number of hydrogen-bond donors (Lipinski definition) is 1. The lowest BCUT2D eigenvalue weighted by molar-refractivity contribution is -0.918. The molecule has 2 aromatic carbocycles. The van der Waals surface area contributed by atoms with Crippen molar-refractivity contribution in [3.8, 4) is 0 Å². The van der Waals surface area contributed by atoms with Crippen LogP contribution in [0.3, 0.4) is 0 Å². The molecule has 0 spiro atoms. The summed E-state index contributed by atoms with van der Waals surface area (Å²) in [6.07, 6.45) is 0. The molecule has 5 heteroatoms. The number of benzene rings is 2. The van der Waals surface area contributed by atoms with Gasteiger partial charge in [-0.1, -0.05) is 57.9 Å². The molecule has 2 aromatic rings. The van der Waals surface area contributed by atoms with Gasteiger partial charge in [0.15, 0.2) is 0 Å². The van der Waals surface area contributed by atoms with Crippen LogP contribution in [-0.2, 0) is 6.54 Å². The molecular weight excluding hydrogens is 386 g/mol. The number of nitrogens with one attached hydrogen (secondary N) is 1. The van der Waals surface area contributed by atoms with Crippen LogP contribution in [0.1, 0.15) is 18.1 Å². The van der Waals surface area contributed by atoms with Crippen LogP contribution in [0.2, 0.25) is 5.02 Å². The quantitative estimate of drug-likeness (QED) is 0.772. The molecule has 24 heavy (non-hydrogen) atoms. The Labute approximate surface area is 157 Å². The highest BCUT2D eigenvalue weighted by Gasteiger charge is 2.20. The molecule has 0 atom stereocenters. The van der Waals surface area contributed by atoms with Crippen molar-refractivity contribution in [2.24, 2.45) is 5.10 Å². The predicted molar refractivity (Wildman–Crippen MR) is 104 cm³/mol. The second-order valence-corrected chi connectivity index (χ2v) is 7.49. The zero-order valence-electron chi connectivity index (χ0n) is 13.8. The van der Waals surface area contributed by atoms with Crippen LogP contribution >= 0.6 is 27.5 Å². The first-order valence-corrected chi connectivity index (χ1v) is 9.42. The first-order chi connectivity index (χ1) is 11.6. The Kier molecular flexibility index (Phi) is 5.93. The van der Waals surface area contributed by atoms with Crippen LogP contribution in [0.5, 0.6) is 0 Å². The standard InChI is InChI=1S/C19H21BrClN3/c1-15(16-6-8-18(20)9-7-16)22-24-12-10-23(11-13-24)14-17-4-2-3-5-19(17)21/h2-9H,10-14H2,1H3/p+1/b22-15+. The van der Waals surface area contributed by atoms with E-state index in [-0.39, 0.29) is 0 Å². The smallest absolute Gasteiger partial charge is 0.104 e. The number of halogens is 2. The maximum Gasteiger partial charge on any atom is 0.104 e. The third kappa shape index (κ3) is 4.59. The van der Waals surface area contributed by atoms with E-state index in [2.05, 4.69) is 64.3 Å². The molecule has 0 saturated carbocycles. The topological polar surface area (TPSA) is 20.0 Å². The molecule has 0 aromatic heterocycles. The van der Waals surface area contributed by atoms with Crippen LogP contribution in [-0.4, -0.2) is 36.9 Å². The van der Waals surface area contributed by atoms with Gasteiger partial charge in [0.25, 0.3) is 0 Å². The molecule has 0 radical (unpaired) electrons. The Morgan fingerprint density at radius 1 is 1.12 bits per heavy atom. The predicted octanol–water partition coefficient (Wildman–Crippen LogP) is 3.23. The summed E-state index contributed by atoms with van der Waals surface area (Å²) in [4.78, 5) is 1.57. The molecule has 1 fully saturated rings. The molecule has 1 heterocycles. The van der Waals surface area contributed by atoms with E-state index in [9.17, 15) is 0 Å². The van der Waals surface area contributed by atoms with Crippen molar-refractivity contribution in [1.29, 1.82) is 0 Å². The highest BCUT2D eigenvalue weighted by Crippen LogP contribution is 2.14. The maximum absolute atomic E-state index is 6.27. The lowest BCUT2D eigenvalue weighted by Gasteiger charge is -2.31. The first-order valence-electron chi connectivity index (χ1n) is 8.25. The fourth-order valence-electron chi connectivity index (χ4n) is 2.96. The average molecular weight is 408 g/mol.